The molecule has 0 saturated carbocycles. The van der Waals surface area contributed by atoms with Crippen LogP contribution in [-0.4, -0.2) is 35.4 Å². The first kappa shape index (κ1) is 23.7. The van der Waals surface area contributed by atoms with Crippen molar-refractivity contribution in [3.8, 4) is 0 Å². The van der Waals surface area contributed by atoms with E-state index in [1.54, 1.807) is 49.4 Å². The second-order valence-corrected chi connectivity index (χ2v) is 10.7. The summed E-state index contributed by atoms with van der Waals surface area (Å²) in [5.41, 5.74) is 1.45. The molecule has 1 heterocycles. The zero-order valence-electron chi connectivity index (χ0n) is 18.1. The Morgan fingerprint density at radius 2 is 1.50 bits per heavy atom. The second kappa shape index (κ2) is 9.27. The molecule has 0 amide bonds. The van der Waals surface area contributed by atoms with Gasteiger partial charge >= 0.3 is 0 Å². The topological polar surface area (TPSA) is 114 Å². The largest absolute Gasteiger partial charge is 0.353 e. The van der Waals surface area contributed by atoms with E-state index in [1.807, 2.05) is 24.9 Å². The summed E-state index contributed by atoms with van der Waals surface area (Å²) in [6, 6.07) is 18.3. The molecule has 0 aliphatic rings. The number of nitrogens with zero attached hydrogens (tertiary/aromatic N) is 3. The van der Waals surface area contributed by atoms with Crippen LogP contribution < -0.4 is 14.3 Å². The van der Waals surface area contributed by atoms with Crippen molar-refractivity contribution in [2.45, 2.75) is 29.7 Å². The Hall–Kier alpha value is -2.95. The fourth-order valence-corrected chi connectivity index (χ4v) is 5.24. The van der Waals surface area contributed by atoms with Gasteiger partial charge in [0, 0.05) is 19.8 Å². The van der Waals surface area contributed by atoms with E-state index >= 15 is 0 Å². The number of nitrogens with two attached hydrogens (primary N) is 1. The number of aromatic nitrogens is 1. The molecule has 8 nitrogen and oxygen atoms in total. The van der Waals surface area contributed by atoms with E-state index in [1.165, 1.54) is 28.7 Å². The molecule has 0 unspecified atom stereocenters. The van der Waals surface area contributed by atoms with Crippen molar-refractivity contribution in [1.82, 2.24) is 4.98 Å². The van der Waals surface area contributed by atoms with Crippen LogP contribution in [0, 0.1) is 0 Å². The van der Waals surface area contributed by atoms with Gasteiger partial charge in [-0.25, -0.2) is 27.0 Å². The molecule has 0 aliphatic heterocycles. The fourth-order valence-electron chi connectivity index (χ4n) is 3.30. The lowest BCUT2D eigenvalue weighted by molar-refractivity contribution is 0.591. The number of rotatable bonds is 8. The van der Waals surface area contributed by atoms with Gasteiger partial charge in [-0.15, -0.1) is 0 Å². The Labute approximate surface area is 189 Å². The summed E-state index contributed by atoms with van der Waals surface area (Å²) < 4.78 is 50.5. The molecular weight excluding hydrogens is 448 g/mol. The summed E-state index contributed by atoms with van der Waals surface area (Å²) in [4.78, 5) is 6.38. The van der Waals surface area contributed by atoms with E-state index in [9.17, 15) is 16.8 Å². The predicted octanol–water partition coefficient (Wildman–Crippen LogP) is 3.14. The predicted molar refractivity (Wildman–Crippen MR) is 126 cm³/mol. The van der Waals surface area contributed by atoms with E-state index < -0.39 is 20.0 Å². The summed E-state index contributed by atoms with van der Waals surface area (Å²) >= 11 is 0. The van der Waals surface area contributed by atoms with Gasteiger partial charge in [0.15, 0.2) is 0 Å². The minimum Gasteiger partial charge on any atom is -0.353 e. The molecule has 2 N–H and O–H groups in total. The lowest BCUT2D eigenvalue weighted by Gasteiger charge is -2.27. The van der Waals surface area contributed by atoms with Gasteiger partial charge in [-0.05, 0) is 55.8 Å². The number of pyridine rings is 1. The van der Waals surface area contributed by atoms with E-state index in [2.05, 4.69) is 4.98 Å². The van der Waals surface area contributed by atoms with Crippen LogP contribution in [0.15, 0.2) is 82.7 Å². The van der Waals surface area contributed by atoms with Gasteiger partial charge in [0.1, 0.15) is 10.7 Å². The van der Waals surface area contributed by atoms with Crippen LogP contribution in [0.1, 0.15) is 25.5 Å². The monoisotopic (exact) mass is 474 g/mol. The van der Waals surface area contributed by atoms with Crippen LogP contribution in [-0.2, 0) is 20.0 Å². The highest BCUT2D eigenvalue weighted by Crippen LogP contribution is 2.27. The summed E-state index contributed by atoms with van der Waals surface area (Å²) in [6.07, 6.45) is 1.35. The molecule has 0 spiro atoms. The van der Waals surface area contributed by atoms with E-state index in [0.29, 0.717) is 18.1 Å². The molecule has 32 heavy (non-hydrogen) atoms. The standard InChI is InChI=1S/C22H26N4O4S2/c1-4-26(19-8-6-5-7-9-19)32(29,30)21-14-15-22(24-16-21)25(3)17(2)18-10-12-20(13-11-18)31(23,27)28/h5-17H,4H2,1-3H3,(H2,23,27,28)/t17-/m0/s1. The highest BCUT2D eigenvalue weighted by molar-refractivity contribution is 7.92. The van der Waals surface area contributed by atoms with Crippen LogP contribution in [0.4, 0.5) is 11.5 Å². The molecule has 0 radical (unpaired) electrons. The molecule has 0 aliphatic carbocycles. The number of para-hydroxylation sites is 1. The number of sulfonamides is 2. The van der Waals surface area contributed by atoms with Crippen LogP contribution >= 0.6 is 0 Å². The van der Waals surface area contributed by atoms with Gasteiger partial charge in [-0.2, -0.15) is 0 Å². The van der Waals surface area contributed by atoms with Gasteiger partial charge in [0.2, 0.25) is 10.0 Å². The third-order valence-corrected chi connectivity index (χ3v) is 8.09. The molecule has 10 heteroatoms. The molecule has 0 bridgehead atoms. The Bertz CT molecular complexity index is 1260. The Morgan fingerprint density at radius 3 is 2.00 bits per heavy atom. The Balaban J connectivity index is 1.82. The van der Waals surface area contributed by atoms with Crippen molar-refractivity contribution in [1.29, 1.82) is 0 Å². The van der Waals surface area contributed by atoms with E-state index in [-0.39, 0.29) is 15.8 Å². The SMILES string of the molecule is CCN(c1ccccc1)S(=O)(=O)c1ccc(N(C)[C@@H](C)c2ccc(S(N)(=O)=O)cc2)nc1. The summed E-state index contributed by atoms with van der Waals surface area (Å²) in [7, 11) is -5.68. The summed E-state index contributed by atoms with van der Waals surface area (Å²) in [6.45, 7) is 4.01. The van der Waals surface area contributed by atoms with Crippen molar-refractivity contribution in [3.63, 3.8) is 0 Å². The zero-order valence-corrected chi connectivity index (χ0v) is 19.7. The average Bonchev–Trinajstić information content (AvgIpc) is 2.79. The average molecular weight is 475 g/mol. The maximum absolute atomic E-state index is 13.1. The van der Waals surface area contributed by atoms with Crippen molar-refractivity contribution in [3.05, 3.63) is 78.5 Å². The minimum atomic E-state index is -3.75. The van der Waals surface area contributed by atoms with Gasteiger partial charge < -0.3 is 4.90 Å². The van der Waals surface area contributed by atoms with Gasteiger partial charge in [-0.3, -0.25) is 4.31 Å². The van der Waals surface area contributed by atoms with Crippen molar-refractivity contribution < 1.29 is 16.8 Å². The third kappa shape index (κ3) is 4.93. The van der Waals surface area contributed by atoms with Gasteiger partial charge in [0.25, 0.3) is 10.0 Å². The van der Waals surface area contributed by atoms with Crippen LogP contribution in [0.2, 0.25) is 0 Å². The lowest BCUT2D eigenvalue weighted by atomic mass is 10.1. The maximum Gasteiger partial charge on any atom is 0.265 e. The van der Waals surface area contributed by atoms with Crippen LogP contribution in [0.5, 0.6) is 0 Å². The smallest absolute Gasteiger partial charge is 0.265 e. The quantitative estimate of drug-likeness (QED) is 0.537. The molecule has 1 atom stereocenters. The molecule has 1 aromatic heterocycles. The minimum absolute atomic E-state index is 0.0442. The van der Waals surface area contributed by atoms with E-state index in [0.717, 1.165) is 5.56 Å². The maximum atomic E-state index is 13.1. The highest BCUT2D eigenvalue weighted by Gasteiger charge is 2.24. The van der Waals surface area contributed by atoms with E-state index in [4.69, 9.17) is 5.14 Å². The number of hydrogen-bond donors (Lipinski definition) is 1. The van der Waals surface area contributed by atoms with Crippen LogP contribution in [0.3, 0.4) is 0 Å². The lowest BCUT2D eigenvalue weighted by Crippen LogP contribution is -2.31. The summed E-state index contributed by atoms with van der Waals surface area (Å²) in [5.74, 6) is 0.578. The van der Waals surface area contributed by atoms with Gasteiger partial charge in [0.05, 0.1) is 16.6 Å². The Morgan fingerprint density at radius 1 is 0.906 bits per heavy atom. The Kier molecular flexibility index (Phi) is 6.87. The first-order valence-electron chi connectivity index (χ1n) is 9.95. The number of hydrogen-bond acceptors (Lipinski definition) is 6. The highest BCUT2D eigenvalue weighted by atomic mass is 32.2. The third-order valence-electron chi connectivity index (χ3n) is 5.27. The molecule has 0 fully saturated rings. The molecule has 170 valence electrons. The number of benzene rings is 2. The first-order chi connectivity index (χ1) is 15.1. The normalized spacial score (nSPS) is 12.9. The van der Waals surface area contributed by atoms with Crippen LogP contribution in [0.25, 0.3) is 0 Å². The second-order valence-electron chi connectivity index (χ2n) is 7.26. The fraction of sp³-hybridized carbons (Fsp3) is 0.227. The van der Waals surface area contributed by atoms with Crippen molar-refractivity contribution >= 4 is 31.6 Å². The summed E-state index contributed by atoms with van der Waals surface area (Å²) in [5, 5.41) is 5.15. The first-order valence-corrected chi connectivity index (χ1v) is 12.9. The van der Waals surface area contributed by atoms with Crippen molar-refractivity contribution in [2.24, 2.45) is 5.14 Å². The number of primary sulfonamides is 1. The molecular formula is C22H26N4O4S2. The molecule has 3 aromatic rings. The van der Waals surface area contributed by atoms with Crippen molar-refractivity contribution in [2.75, 3.05) is 22.8 Å². The van der Waals surface area contributed by atoms with Gasteiger partial charge in [-0.1, -0.05) is 30.3 Å². The zero-order chi connectivity index (χ0) is 23.5. The molecule has 3 rings (SSSR count). The molecule has 0 saturated heterocycles. The molecule has 2 aromatic carbocycles. The number of anilines is 2.